The molecule has 1 N–H and O–H groups in total. The molecule has 0 aliphatic carbocycles. The van der Waals surface area contributed by atoms with Gasteiger partial charge in [-0.3, -0.25) is 0 Å². The summed E-state index contributed by atoms with van der Waals surface area (Å²) in [5.74, 6) is -0.613. The number of hydrogen-bond donors (Lipinski definition) is 1. The fourth-order valence-corrected chi connectivity index (χ4v) is 4.78. The second kappa shape index (κ2) is 7.04. The van der Waals surface area contributed by atoms with E-state index in [0.29, 0.717) is 5.02 Å². The molecule has 1 aliphatic rings. The Labute approximate surface area is 141 Å². The van der Waals surface area contributed by atoms with E-state index in [-0.39, 0.29) is 23.9 Å². The Kier molecular flexibility index (Phi) is 5.70. The zero-order valence-corrected chi connectivity index (χ0v) is 15.2. The van der Waals surface area contributed by atoms with Crippen LogP contribution in [0.5, 0.6) is 0 Å². The summed E-state index contributed by atoms with van der Waals surface area (Å²) in [6, 6.07) is 5.16. The molecular formula is C13H19ClN2O5S2. The van der Waals surface area contributed by atoms with E-state index in [2.05, 4.69) is 4.72 Å². The maximum Gasteiger partial charge on any atom is 0.240 e. The van der Waals surface area contributed by atoms with Crippen LogP contribution >= 0.6 is 11.6 Å². The van der Waals surface area contributed by atoms with Crippen molar-refractivity contribution in [1.82, 2.24) is 9.03 Å². The van der Waals surface area contributed by atoms with Crippen LogP contribution in [0.4, 0.5) is 0 Å². The summed E-state index contributed by atoms with van der Waals surface area (Å²) in [6.45, 7) is 0.335. The molecule has 0 radical (unpaired) electrons. The van der Waals surface area contributed by atoms with Gasteiger partial charge in [0.25, 0.3) is 0 Å². The fourth-order valence-electron chi connectivity index (χ4n) is 2.19. The van der Waals surface area contributed by atoms with Gasteiger partial charge in [-0.05, 0) is 24.3 Å². The van der Waals surface area contributed by atoms with Crippen molar-refractivity contribution >= 4 is 31.6 Å². The molecule has 0 spiro atoms. The number of hydrogen-bond acceptors (Lipinski definition) is 5. The van der Waals surface area contributed by atoms with E-state index in [1.165, 1.54) is 38.4 Å². The van der Waals surface area contributed by atoms with E-state index in [1.54, 1.807) is 0 Å². The van der Waals surface area contributed by atoms with Gasteiger partial charge in [0.15, 0.2) is 0 Å². The van der Waals surface area contributed by atoms with Crippen molar-refractivity contribution in [3.63, 3.8) is 0 Å². The van der Waals surface area contributed by atoms with Crippen LogP contribution in [0.3, 0.4) is 0 Å². The highest BCUT2D eigenvalue weighted by Gasteiger charge is 2.35. The van der Waals surface area contributed by atoms with Crippen molar-refractivity contribution < 1.29 is 21.6 Å². The van der Waals surface area contributed by atoms with Crippen molar-refractivity contribution in [3.05, 3.63) is 29.3 Å². The molecular weight excluding hydrogens is 364 g/mol. The van der Waals surface area contributed by atoms with Crippen molar-refractivity contribution in [2.24, 2.45) is 5.92 Å². The first-order valence-corrected chi connectivity index (χ1v) is 10.3. The Bertz CT molecular complexity index is 747. The van der Waals surface area contributed by atoms with Crippen LogP contribution in [0.15, 0.2) is 29.2 Å². The largest absolute Gasteiger partial charge is 0.379 e. The van der Waals surface area contributed by atoms with Gasteiger partial charge in [0.2, 0.25) is 20.0 Å². The van der Waals surface area contributed by atoms with Gasteiger partial charge in [0.1, 0.15) is 0 Å². The molecule has 0 amide bonds. The van der Waals surface area contributed by atoms with Gasteiger partial charge in [-0.1, -0.05) is 11.6 Å². The highest BCUT2D eigenvalue weighted by Crippen LogP contribution is 2.20. The summed E-state index contributed by atoms with van der Waals surface area (Å²) in [4.78, 5) is 0.0722. The monoisotopic (exact) mass is 382 g/mol. The normalized spacial score (nSPS) is 22.6. The summed E-state index contributed by atoms with van der Waals surface area (Å²) in [5, 5.41) is 0.433. The molecule has 2 rings (SSSR count). The zero-order valence-electron chi connectivity index (χ0n) is 12.8. The molecule has 10 heteroatoms. The van der Waals surface area contributed by atoms with Gasteiger partial charge in [0.05, 0.1) is 29.9 Å². The summed E-state index contributed by atoms with van der Waals surface area (Å²) >= 11 is 5.75. The number of rotatable bonds is 6. The SMILES string of the molecule is CN(C)S(=O)(=O)CC1COCC1NS(=O)(=O)c1ccc(Cl)cc1. The smallest absolute Gasteiger partial charge is 0.240 e. The summed E-state index contributed by atoms with van der Waals surface area (Å²) in [6.07, 6.45) is 0. The van der Waals surface area contributed by atoms with Gasteiger partial charge in [-0.15, -0.1) is 0 Å². The molecule has 2 atom stereocenters. The first kappa shape index (κ1) is 18.6. The van der Waals surface area contributed by atoms with E-state index in [0.717, 1.165) is 4.31 Å². The lowest BCUT2D eigenvalue weighted by atomic mass is 10.1. The van der Waals surface area contributed by atoms with Gasteiger partial charge in [0, 0.05) is 25.0 Å². The predicted molar refractivity (Wildman–Crippen MR) is 87.3 cm³/mol. The first-order chi connectivity index (χ1) is 10.6. The third-order valence-electron chi connectivity index (χ3n) is 3.61. The van der Waals surface area contributed by atoms with Gasteiger partial charge >= 0.3 is 0 Å². The lowest BCUT2D eigenvalue weighted by Gasteiger charge is -2.21. The molecule has 1 aromatic carbocycles. The quantitative estimate of drug-likeness (QED) is 0.774. The molecule has 1 aromatic rings. The van der Waals surface area contributed by atoms with Crippen LogP contribution in [-0.2, 0) is 24.8 Å². The minimum absolute atomic E-state index is 0.0722. The maximum absolute atomic E-state index is 12.4. The molecule has 0 aromatic heterocycles. The number of ether oxygens (including phenoxy) is 1. The number of nitrogens with zero attached hydrogens (tertiary/aromatic N) is 1. The topological polar surface area (TPSA) is 92.8 Å². The molecule has 1 heterocycles. The lowest BCUT2D eigenvalue weighted by Crippen LogP contribution is -2.43. The standard InChI is InChI=1S/C13H19ClN2O5S2/c1-16(2)22(17,18)9-10-7-21-8-13(10)15-23(19,20)12-5-3-11(14)4-6-12/h3-6,10,13,15H,7-9H2,1-2H3. The highest BCUT2D eigenvalue weighted by molar-refractivity contribution is 7.89. The van der Waals surface area contributed by atoms with E-state index in [9.17, 15) is 16.8 Å². The van der Waals surface area contributed by atoms with Crippen LogP contribution in [0.1, 0.15) is 0 Å². The van der Waals surface area contributed by atoms with Crippen LogP contribution < -0.4 is 4.72 Å². The number of sulfonamides is 2. The number of benzene rings is 1. The second-order valence-corrected chi connectivity index (χ2v) is 9.92. The zero-order chi connectivity index (χ0) is 17.3. The number of nitrogens with one attached hydrogen (secondary N) is 1. The molecule has 7 nitrogen and oxygen atoms in total. The summed E-state index contributed by atoms with van der Waals surface area (Å²) < 4.78 is 57.6. The molecule has 1 aliphatic heterocycles. The van der Waals surface area contributed by atoms with Crippen LogP contribution in [0, 0.1) is 5.92 Å². The van der Waals surface area contributed by atoms with E-state index in [1.807, 2.05) is 0 Å². The van der Waals surface area contributed by atoms with E-state index in [4.69, 9.17) is 16.3 Å². The first-order valence-electron chi connectivity index (χ1n) is 6.88. The average molecular weight is 383 g/mol. The van der Waals surface area contributed by atoms with Gasteiger partial charge < -0.3 is 4.74 Å². The Hall–Kier alpha value is -0.710. The maximum atomic E-state index is 12.4. The third-order valence-corrected chi connectivity index (χ3v) is 7.33. The Morgan fingerprint density at radius 3 is 2.35 bits per heavy atom. The lowest BCUT2D eigenvalue weighted by molar-refractivity contribution is 0.185. The van der Waals surface area contributed by atoms with Crippen molar-refractivity contribution in [2.45, 2.75) is 10.9 Å². The average Bonchev–Trinajstić information content (AvgIpc) is 2.85. The number of halogens is 1. The molecule has 0 bridgehead atoms. The second-order valence-electron chi connectivity index (χ2n) is 5.54. The van der Waals surface area contributed by atoms with Gasteiger partial charge in [-0.25, -0.2) is 25.9 Å². The predicted octanol–water partition coefficient (Wildman–Crippen LogP) is 0.525. The van der Waals surface area contributed by atoms with E-state index >= 15 is 0 Å². The summed E-state index contributed by atoms with van der Waals surface area (Å²) in [5.41, 5.74) is 0. The van der Waals surface area contributed by atoms with Crippen LogP contribution in [0.25, 0.3) is 0 Å². The van der Waals surface area contributed by atoms with Crippen molar-refractivity contribution in [2.75, 3.05) is 33.1 Å². The van der Waals surface area contributed by atoms with E-state index < -0.39 is 32.0 Å². The van der Waals surface area contributed by atoms with Crippen molar-refractivity contribution in [3.8, 4) is 0 Å². The minimum atomic E-state index is -3.77. The highest BCUT2D eigenvalue weighted by atomic mass is 35.5. The Morgan fingerprint density at radius 2 is 1.78 bits per heavy atom. The Morgan fingerprint density at radius 1 is 1.17 bits per heavy atom. The molecule has 1 saturated heterocycles. The third kappa shape index (κ3) is 4.65. The molecule has 2 unspecified atom stereocenters. The van der Waals surface area contributed by atoms with Crippen LogP contribution in [-0.4, -0.2) is 60.2 Å². The molecule has 23 heavy (non-hydrogen) atoms. The van der Waals surface area contributed by atoms with Gasteiger partial charge in [-0.2, -0.15) is 0 Å². The van der Waals surface area contributed by atoms with Crippen LogP contribution in [0.2, 0.25) is 5.02 Å². The molecule has 0 saturated carbocycles. The molecule has 130 valence electrons. The fraction of sp³-hybridized carbons (Fsp3) is 0.538. The minimum Gasteiger partial charge on any atom is -0.379 e. The Balaban J connectivity index is 2.13. The molecule has 1 fully saturated rings. The summed E-state index contributed by atoms with van der Waals surface area (Å²) in [7, 11) is -4.32. The van der Waals surface area contributed by atoms with Crippen molar-refractivity contribution in [1.29, 1.82) is 0 Å².